The van der Waals surface area contributed by atoms with Crippen LogP contribution in [0, 0.1) is 6.92 Å². The van der Waals surface area contributed by atoms with Crippen LogP contribution in [-0.4, -0.2) is 24.4 Å². The van der Waals surface area contributed by atoms with Crippen molar-refractivity contribution in [3.8, 4) is 0 Å². The molecule has 0 saturated heterocycles. The molecule has 0 spiro atoms. The van der Waals surface area contributed by atoms with E-state index in [1.54, 1.807) is 4.90 Å². The summed E-state index contributed by atoms with van der Waals surface area (Å²) in [4.78, 5) is 14.4. The van der Waals surface area contributed by atoms with Gasteiger partial charge in [0.2, 0.25) is 5.91 Å². The lowest BCUT2D eigenvalue weighted by Crippen LogP contribution is -2.37. The number of nitrogens with zero attached hydrogens (tertiary/aromatic N) is 1. The van der Waals surface area contributed by atoms with Gasteiger partial charge >= 0.3 is 0 Å². The minimum atomic E-state index is -0.0131. The summed E-state index contributed by atoms with van der Waals surface area (Å²) in [6.45, 7) is 2.98. The van der Waals surface area contributed by atoms with Crippen molar-refractivity contribution in [3.63, 3.8) is 0 Å². The lowest BCUT2D eigenvalue weighted by atomic mass is 9.98. The predicted molar refractivity (Wildman–Crippen MR) is 110 cm³/mol. The highest BCUT2D eigenvalue weighted by atomic mass is 16.2. The summed E-state index contributed by atoms with van der Waals surface area (Å²) in [5, 5.41) is 3.45. The normalized spacial score (nSPS) is 11.8. The molecule has 0 aliphatic rings. The predicted octanol–water partition coefficient (Wildman–Crippen LogP) is 4.33. The Kier molecular flexibility index (Phi) is 6.39. The monoisotopic (exact) mass is 358 g/mol. The lowest BCUT2D eigenvalue weighted by Gasteiger charge is -2.23. The third kappa shape index (κ3) is 5.28. The molecule has 0 heterocycles. The van der Waals surface area contributed by atoms with E-state index in [4.69, 9.17) is 0 Å². The average Bonchev–Trinajstić information content (AvgIpc) is 2.71. The molecule has 3 heteroatoms. The minimum Gasteiger partial charge on any atom is -0.340 e. The SMILES string of the molecule is Cc1ccc([C@@H](NCC(=O)N(C)Cc2ccccc2)c2ccccc2)cc1. The van der Waals surface area contributed by atoms with Gasteiger partial charge in [-0.3, -0.25) is 10.1 Å². The van der Waals surface area contributed by atoms with Crippen molar-refractivity contribution in [2.24, 2.45) is 0 Å². The van der Waals surface area contributed by atoms with Crippen LogP contribution in [-0.2, 0) is 11.3 Å². The largest absolute Gasteiger partial charge is 0.340 e. The van der Waals surface area contributed by atoms with Crippen LogP contribution in [0.15, 0.2) is 84.9 Å². The molecule has 3 aromatic carbocycles. The number of nitrogens with one attached hydrogen (secondary N) is 1. The van der Waals surface area contributed by atoms with Crippen molar-refractivity contribution in [1.29, 1.82) is 0 Å². The summed E-state index contributed by atoms with van der Waals surface area (Å²) < 4.78 is 0. The highest BCUT2D eigenvalue weighted by Gasteiger charge is 2.16. The molecule has 138 valence electrons. The Labute approximate surface area is 161 Å². The molecule has 27 heavy (non-hydrogen) atoms. The number of carbonyl (C=O) groups is 1. The Bertz CT molecular complexity index is 845. The van der Waals surface area contributed by atoms with Gasteiger partial charge in [0.1, 0.15) is 0 Å². The van der Waals surface area contributed by atoms with Gasteiger partial charge in [-0.25, -0.2) is 0 Å². The van der Waals surface area contributed by atoms with E-state index in [0.29, 0.717) is 6.54 Å². The summed E-state index contributed by atoms with van der Waals surface area (Å²) in [7, 11) is 1.85. The van der Waals surface area contributed by atoms with Gasteiger partial charge in [0.05, 0.1) is 12.6 Å². The molecule has 1 atom stereocenters. The minimum absolute atomic E-state index is 0.0131. The van der Waals surface area contributed by atoms with E-state index in [1.165, 1.54) is 5.56 Å². The van der Waals surface area contributed by atoms with Crippen molar-refractivity contribution in [2.45, 2.75) is 19.5 Å². The molecule has 3 rings (SSSR count). The fourth-order valence-corrected chi connectivity index (χ4v) is 3.10. The topological polar surface area (TPSA) is 32.3 Å². The molecule has 3 nitrogen and oxygen atoms in total. The van der Waals surface area contributed by atoms with E-state index >= 15 is 0 Å². The van der Waals surface area contributed by atoms with Gasteiger partial charge in [-0.15, -0.1) is 0 Å². The summed E-state index contributed by atoms with van der Waals surface area (Å²) in [6.07, 6.45) is 0. The van der Waals surface area contributed by atoms with Gasteiger partial charge in [0.25, 0.3) is 0 Å². The maximum Gasteiger partial charge on any atom is 0.236 e. The first-order chi connectivity index (χ1) is 13.1. The Balaban J connectivity index is 1.69. The van der Waals surface area contributed by atoms with Crippen molar-refractivity contribution < 1.29 is 4.79 Å². The first-order valence-corrected chi connectivity index (χ1v) is 9.26. The second kappa shape index (κ2) is 9.15. The molecule has 0 saturated carbocycles. The fourth-order valence-electron chi connectivity index (χ4n) is 3.10. The number of benzene rings is 3. The molecule has 0 bridgehead atoms. The van der Waals surface area contributed by atoms with Crippen molar-refractivity contribution in [1.82, 2.24) is 10.2 Å². The van der Waals surface area contributed by atoms with Gasteiger partial charge in [0, 0.05) is 13.6 Å². The second-order valence-electron chi connectivity index (χ2n) is 6.87. The fraction of sp³-hybridized carbons (Fsp3) is 0.208. The van der Waals surface area contributed by atoms with Crippen LogP contribution < -0.4 is 5.32 Å². The molecular weight excluding hydrogens is 332 g/mol. The van der Waals surface area contributed by atoms with E-state index in [1.807, 2.05) is 55.6 Å². The number of rotatable bonds is 7. The van der Waals surface area contributed by atoms with Crippen LogP contribution in [0.5, 0.6) is 0 Å². The highest BCUT2D eigenvalue weighted by molar-refractivity contribution is 5.78. The molecule has 0 aromatic heterocycles. The van der Waals surface area contributed by atoms with Gasteiger partial charge in [-0.05, 0) is 23.6 Å². The van der Waals surface area contributed by atoms with Crippen LogP contribution in [0.3, 0.4) is 0 Å². The Morgan fingerprint density at radius 3 is 2.04 bits per heavy atom. The molecule has 0 radical (unpaired) electrons. The smallest absolute Gasteiger partial charge is 0.236 e. The van der Waals surface area contributed by atoms with Crippen LogP contribution >= 0.6 is 0 Å². The number of carbonyl (C=O) groups excluding carboxylic acids is 1. The molecule has 0 fully saturated rings. The zero-order valence-electron chi connectivity index (χ0n) is 15.9. The average molecular weight is 358 g/mol. The highest BCUT2D eigenvalue weighted by Crippen LogP contribution is 2.22. The summed E-state index contributed by atoms with van der Waals surface area (Å²) in [5.74, 6) is 0.0758. The van der Waals surface area contributed by atoms with E-state index in [-0.39, 0.29) is 18.5 Å². The number of aryl methyl sites for hydroxylation is 1. The van der Waals surface area contributed by atoms with Gasteiger partial charge < -0.3 is 4.90 Å². The molecule has 1 amide bonds. The van der Waals surface area contributed by atoms with E-state index in [0.717, 1.165) is 16.7 Å². The lowest BCUT2D eigenvalue weighted by molar-refractivity contribution is -0.129. The van der Waals surface area contributed by atoms with E-state index < -0.39 is 0 Å². The molecule has 0 aliphatic heterocycles. The third-order valence-corrected chi connectivity index (χ3v) is 4.69. The molecule has 1 N–H and O–H groups in total. The molecule has 0 unspecified atom stereocenters. The summed E-state index contributed by atoms with van der Waals surface area (Å²) in [6, 6.07) is 28.8. The van der Waals surface area contributed by atoms with Gasteiger partial charge in [-0.1, -0.05) is 90.5 Å². The van der Waals surface area contributed by atoms with E-state index in [9.17, 15) is 4.79 Å². The summed E-state index contributed by atoms with van der Waals surface area (Å²) in [5.41, 5.74) is 4.67. The summed E-state index contributed by atoms with van der Waals surface area (Å²) >= 11 is 0. The second-order valence-corrected chi connectivity index (χ2v) is 6.87. The number of hydrogen-bond donors (Lipinski definition) is 1. The zero-order valence-corrected chi connectivity index (χ0v) is 15.9. The molecular formula is C24H26N2O. The van der Waals surface area contributed by atoms with Gasteiger partial charge in [0.15, 0.2) is 0 Å². The first kappa shape index (κ1) is 18.9. The maximum absolute atomic E-state index is 12.6. The van der Waals surface area contributed by atoms with Crippen molar-refractivity contribution in [3.05, 3.63) is 107 Å². The maximum atomic E-state index is 12.6. The van der Waals surface area contributed by atoms with Crippen molar-refractivity contribution in [2.75, 3.05) is 13.6 Å². The number of hydrogen-bond acceptors (Lipinski definition) is 2. The number of amides is 1. The van der Waals surface area contributed by atoms with E-state index in [2.05, 4.69) is 48.6 Å². The quantitative estimate of drug-likeness (QED) is 0.682. The standard InChI is InChI=1S/C24H26N2O/c1-19-13-15-22(16-14-19)24(21-11-7-4-8-12-21)25-17-23(27)26(2)18-20-9-5-3-6-10-20/h3-16,24-25H,17-18H2,1-2H3/t24-/m0/s1. The third-order valence-electron chi connectivity index (χ3n) is 4.69. The van der Waals surface area contributed by atoms with Gasteiger partial charge in [-0.2, -0.15) is 0 Å². The van der Waals surface area contributed by atoms with Crippen molar-refractivity contribution >= 4 is 5.91 Å². The van der Waals surface area contributed by atoms with Crippen LogP contribution in [0.2, 0.25) is 0 Å². The zero-order chi connectivity index (χ0) is 19.1. The van der Waals surface area contributed by atoms with Crippen LogP contribution in [0.25, 0.3) is 0 Å². The Morgan fingerprint density at radius 1 is 0.852 bits per heavy atom. The van der Waals surface area contributed by atoms with Crippen LogP contribution in [0.4, 0.5) is 0 Å². The molecule has 3 aromatic rings. The number of likely N-dealkylation sites (N-methyl/N-ethyl adjacent to an activating group) is 1. The first-order valence-electron chi connectivity index (χ1n) is 9.26. The Morgan fingerprint density at radius 2 is 1.41 bits per heavy atom. The molecule has 0 aliphatic carbocycles. The van der Waals surface area contributed by atoms with Crippen LogP contribution in [0.1, 0.15) is 28.3 Å². The Hall–Kier alpha value is -2.91.